The highest BCUT2D eigenvalue weighted by Crippen LogP contribution is 2.48. The molecule has 1 aliphatic carbocycles. The quantitative estimate of drug-likeness (QED) is 0.694. The third-order valence-electron chi connectivity index (χ3n) is 7.22. The van der Waals surface area contributed by atoms with E-state index in [2.05, 4.69) is 49.0 Å². The number of aryl methyl sites for hydroxylation is 1. The van der Waals surface area contributed by atoms with E-state index in [1.54, 1.807) is 12.4 Å². The molecule has 0 amide bonds. The van der Waals surface area contributed by atoms with Crippen molar-refractivity contribution >= 4 is 17.6 Å². The number of aromatic amines is 1. The summed E-state index contributed by atoms with van der Waals surface area (Å²) in [6.07, 6.45) is 9.61. The summed E-state index contributed by atoms with van der Waals surface area (Å²) in [6, 6.07) is 10.5. The number of hydrogen-bond acceptors (Lipinski definition) is 6. The van der Waals surface area contributed by atoms with Crippen molar-refractivity contribution in [2.24, 2.45) is 0 Å². The van der Waals surface area contributed by atoms with Crippen LogP contribution in [0.3, 0.4) is 0 Å². The molecule has 3 aromatic rings. The first-order chi connectivity index (χ1) is 15.2. The van der Waals surface area contributed by atoms with Gasteiger partial charge in [-0.3, -0.25) is 9.78 Å². The molecule has 7 heteroatoms. The molecule has 0 saturated carbocycles. The normalized spacial score (nSPS) is 19.4. The maximum atomic E-state index is 12.6. The fourth-order valence-corrected chi connectivity index (χ4v) is 5.55. The van der Waals surface area contributed by atoms with E-state index in [1.165, 1.54) is 11.3 Å². The summed E-state index contributed by atoms with van der Waals surface area (Å²) in [6.45, 7) is 2.64. The van der Waals surface area contributed by atoms with Gasteiger partial charge in [0.05, 0.1) is 5.69 Å². The van der Waals surface area contributed by atoms with Crippen molar-refractivity contribution < 1.29 is 0 Å². The van der Waals surface area contributed by atoms with Crippen molar-refractivity contribution in [2.45, 2.75) is 43.9 Å². The molecule has 0 unspecified atom stereocenters. The molecule has 3 aliphatic rings. The van der Waals surface area contributed by atoms with E-state index in [4.69, 9.17) is 4.98 Å². The topological polar surface area (TPSA) is 78.0 Å². The second kappa shape index (κ2) is 7.18. The zero-order chi connectivity index (χ0) is 20.8. The van der Waals surface area contributed by atoms with Gasteiger partial charge in [0.15, 0.2) is 0 Å². The Hall–Kier alpha value is -3.22. The van der Waals surface area contributed by atoms with Crippen molar-refractivity contribution in [3.63, 3.8) is 0 Å². The van der Waals surface area contributed by atoms with Crippen LogP contribution in [0.1, 0.15) is 42.5 Å². The van der Waals surface area contributed by atoms with Crippen molar-refractivity contribution in [3.05, 3.63) is 69.9 Å². The van der Waals surface area contributed by atoms with E-state index in [0.29, 0.717) is 0 Å². The molecular formula is C24H26N6O. The Morgan fingerprint density at radius 2 is 1.74 bits per heavy atom. The maximum absolute atomic E-state index is 12.6. The van der Waals surface area contributed by atoms with Crippen LogP contribution in [0.4, 0.5) is 17.6 Å². The molecule has 0 bridgehead atoms. The molecule has 1 aromatic carbocycles. The number of fused-ring (bicyclic) bond motifs is 3. The Labute approximate surface area is 181 Å². The van der Waals surface area contributed by atoms with Gasteiger partial charge in [-0.05, 0) is 56.2 Å². The SMILES string of the molecule is O=c1[nH]c(N2CCC3(CC2)CN(c2ncccn2)c2ccccc23)nc2c1CCCC2. The average Bonchev–Trinajstić information content (AvgIpc) is 3.14. The maximum Gasteiger partial charge on any atom is 0.255 e. The van der Waals surface area contributed by atoms with Crippen LogP contribution in [0.25, 0.3) is 0 Å². The summed E-state index contributed by atoms with van der Waals surface area (Å²) in [4.78, 5) is 34.0. The van der Waals surface area contributed by atoms with Crippen LogP contribution in [0.15, 0.2) is 47.5 Å². The lowest BCUT2D eigenvalue weighted by atomic mass is 9.74. The lowest BCUT2D eigenvalue weighted by Crippen LogP contribution is -2.46. The van der Waals surface area contributed by atoms with Gasteiger partial charge in [-0.25, -0.2) is 15.0 Å². The number of H-pyrrole nitrogens is 1. The third-order valence-corrected chi connectivity index (χ3v) is 7.22. The highest BCUT2D eigenvalue weighted by atomic mass is 16.1. The first-order valence-corrected chi connectivity index (χ1v) is 11.2. The molecule has 0 radical (unpaired) electrons. The summed E-state index contributed by atoms with van der Waals surface area (Å²) >= 11 is 0. The molecule has 6 rings (SSSR count). The van der Waals surface area contributed by atoms with E-state index < -0.39 is 0 Å². The van der Waals surface area contributed by atoms with Crippen molar-refractivity contribution in [3.8, 4) is 0 Å². The van der Waals surface area contributed by atoms with Crippen molar-refractivity contribution in [2.75, 3.05) is 29.4 Å². The molecule has 7 nitrogen and oxygen atoms in total. The van der Waals surface area contributed by atoms with Crippen LogP contribution in [-0.4, -0.2) is 39.6 Å². The summed E-state index contributed by atoms with van der Waals surface area (Å²) in [5.74, 6) is 1.50. The van der Waals surface area contributed by atoms with Gasteiger partial charge in [-0.2, -0.15) is 0 Å². The Kier molecular flexibility index (Phi) is 4.30. The molecule has 1 fully saturated rings. The van der Waals surface area contributed by atoms with E-state index in [0.717, 1.165) is 81.3 Å². The molecule has 2 aromatic heterocycles. The number of benzene rings is 1. The number of nitrogens with zero attached hydrogens (tertiary/aromatic N) is 5. The predicted octanol–water partition coefficient (Wildman–Crippen LogP) is 3.13. The fraction of sp³-hybridized carbons (Fsp3) is 0.417. The Morgan fingerprint density at radius 3 is 2.58 bits per heavy atom. The van der Waals surface area contributed by atoms with Gasteiger partial charge in [0, 0.05) is 48.7 Å². The van der Waals surface area contributed by atoms with Gasteiger partial charge < -0.3 is 9.80 Å². The molecule has 158 valence electrons. The number of aromatic nitrogens is 4. The van der Waals surface area contributed by atoms with E-state index in [-0.39, 0.29) is 11.0 Å². The molecule has 1 saturated heterocycles. The fourth-order valence-electron chi connectivity index (χ4n) is 5.55. The summed E-state index contributed by atoms with van der Waals surface area (Å²) in [5.41, 5.74) is 4.62. The van der Waals surface area contributed by atoms with Crippen LogP contribution < -0.4 is 15.4 Å². The van der Waals surface area contributed by atoms with Gasteiger partial charge >= 0.3 is 0 Å². The lowest BCUT2D eigenvalue weighted by molar-refractivity contribution is 0.352. The third kappa shape index (κ3) is 3.02. The zero-order valence-corrected chi connectivity index (χ0v) is 17.5. The molecule has 4 heterocycles. The first kappa shape index (κ1) is 18.5. The number of piperidine rings is 1. The van der Waals surface area contributed by atoms with Crippen LogP contribution in [0, 0.1) is 0 Å². The summed E-state index contributed by atoms with van der Waals surface area (Å²) < 4.78 is 0. The highest BCUT2D eigenvalue weighted by molar-refractivity contribution is 5.69. The minimum atomic E-state index is 0.0543. The van der Waals surface area contributed by atoms with Gasteiger partial charge in [-0.1, -0.05) is 18.2 Å². The van der Waals surface area contributed by atoms with Crippen molar-refractivity contribution in [1.82, 2.24) is 19.9 Å². The first-order valence-electron chi connectivity index (χ1n) is 11.2. The van der Waals surface area contributed by atoms with Crippen LogP contribution in [-0.2, 0) is 18.3 Å². The van der Waals surface area contributed by atoms with Crippen LogP contribution in [0.5, 0.6) is 0 Å². The summed E-state index contributed by atoms with van der Waals surface area (Å²) in [5, 5.41) is 0. The minimum absolute atomic E-state index is 0.0543. The zero-order valence-electron chi connectivity index (χ0n) is 17.5. The smallest absolute Gasteiger partial charge is 0.255 e. The molecule has 1 N–H and O–H groups in total. The van der Waals surface area contributed by atoms with Gasteiger partial charge in [0.2, 0.25) is 11.9 Å². The molecule has 2 aliphatic heterocycles. The van der Waals surface area contributed by atoms with Crippen molar-refractivity contribution in [1.29, 1.82) is 0 Å². The number of nitrogens with one attached hydrogen (secondary N) is 1. The van der Waals surface area contributed by atoms with Crippen LogP contribution in [0.2, 0.25) is 0 Å². The lowest BCUT2D eigenvalue weighted by Gasteiger charge is -2.40. The summed E-state index contributed by atoms with van der Waals surface area (Å²) in [7, 11) is 0. The number of para-hydroxylation sites is 1. The van der Waals surface area contributed by atoms with Crippen LogP contribution >= 0.6 is 0 Å². The monoisotopic (exact) mass is 414 g/mol. The number of anilines is 3. The Bertz CT molecular complexity index is 1170. The molecule has 1 spiro atoms. The minimum Gasteiger partial charge on any atom is -0.342 e. The standard InChI is InChI=1S/C24H26N6O/c31-21-17-6-1-3-8-19(17)27-23(28-21)29-14-10-24(11-15-29)16-30(22-25-12-5-13-26-22)20-9-4-2-7-18(20)24/h2,4-5,7,9,12-13H,1,3,6,8,10-11,14-16H2,(H,27,28,31). The Balaban J connectivity index is 1.28. The second-order valence-corrected chi connectivity index (χ2v) is 8.94. The van der Waals surface area contributed by atoms with Gasteiger partial charge in [0.25, 0.3) is 5.56 Å². The average molecular weight is 415 g/mol. The van der Waals surface area contributed by atoms with E-state index >= 15 is 0 Å². The molecule has 31 heavy (non-hydrogen) atoms. The predicted molar refractivity (Wildman–Crippen MR) is 120 cm³/mol. The molecule has 0 atom stereocenters. The van der Waals surface area contributed by atoms with Gasteiger partial charge in [0.1, 0.15) is 0 Å². The largest absolute Gasteiger partial charge is 0.342 e. The highest BCUT2D eigenvalue weighted by Gasteiger charge is 2.45. The number of rotatable bonds is 2. The van der Waals surface area contributed by atoms with E-state index in [9.17, 15) is 4.79 Å². The Morgan fingerprint density at radius 1 is 0.968 bits per heavy atom. The van der Waals surface area contributed by atoms with E-state index in [1.807, 2.05) is 6.07 Å². The molecular weight excluding hydrogens is 388 g/mol. The van der Waals surface area contributed by atoms with Gasteiger partial charge in [-0.15, -0.1) is 0 Å². The second-order valence-electron chi connectivity index (χ2n) is 8.94. The number of hydrogen-bond donors (Lipinski definition) is 1.